The van der Waals surface area contributed by atoms with Gasteiger partial charge in [0, 0.05) is 38.3 Å². The molecule has 12 heteroatoms. The molecular weight excluding hydrogens is 466 g/mol. The van der Waals surface area contributed by atoms with Gasteiger partial charge >= 0.3 is 18.3 Å². The molecule has 3 rings (SSSR count). The first-order chi connectivity index (χ1) is 16.3. The third kappa shape index (κ3) is 6.86. The molecule has 3 amide bonds. The van der Waals surface area contributed by atoms with Crippen molar-refractivity contribution < 1.29 is 37.4 Å². The van der Waals surface area contributed by atoms with E-state index in [-0.39, 0.29) is 56.7 Å². The SMILES string of the molecule is CC(C)OC(=O)NC[C@H]1CN(c2cc(F)c(N3CCN(C(=O)OC(C)(C)C)CC3)c(F)c2)C(=O)O1. The van der Waals surface area contributed by atoms with Gasteiger partial charge in [0.1, 0.15) is 17.4 Å². The minimum absolute atomic E-state index is 0.00122. The summed E-state index contributed by atoms with van der Waals surface area (Å²) in [5.74, 6) is -1.67. The van der Waals surface area contributed by atoms with Crippen molar-refractivity contribution in [2.45, 2.75) is 52.4 Å². The molecule has 2 saturated heterocycles. The summed E-state index contributed by atoms with van der Waals surface area (Å²) >= 11 is 0. The molecule has 0 unspecified atom stereocenters. The number of cyclic esters (lactones) is 1. The Morgan fingerprint density at radius 1 is 1.14 bits per heavy atom. The molecule has 1 atom stereocenters. The number of rotatable bonds is 5. The van der Waals surface area contributed by atoms with Crippen LogP contribution in [-0.4, -0.2) is 80.3 Å². The first kappa shape index (κ1) is 26.3. The van der Waals surface area contributed by atoms with Crippen molar-refractivity contribution in [2.75, 3.05) is 49.1 Å². The lowest BCUT2D eigenvalue weighted by Crippen LogP contribution is -2.50. The van der Waals surface area contributed by atoms with E-state index < -0.39 is 41.6 Å². The maximum Gasteiger partial charge on any atom is 0.414 e. The molecule has 2 fully saturated rings. The summed E-state index contributed by atoms with van der Waals surface area (Å²) in [7, 11) is 0. The number of piperazine rings is 1. The Kier molecular flexibility index (Phi) is 7.91. The lowest BCUT2D eigenvalue weighted by Gasteiger charge is -2.37. The number of alkyl carbamates (subject to hydrolysis) is 1. The zero-order chi connectivity index (χ0) is 25.9. The molecule has 2 aliphatic rings. The van der Waals surface area contributed by atoms with Crippen LogP contribution in [0.1, 0.15) is 34.6 Å². The van der Waals surface area contributed by atoms with Crippen molar-refractivity contribution in [1.82, 2.24) is 10.2 Å². The second kappa shape index (κ2) is 10.5. The van der Waals surface area contributed by atoms with Crippen LogP contribution in [0.5, 0.6) is 0 Å². The second-order valence-electron chi connectivity index (χ2n) is 9.66. The number of ether oxygens (including phenoxy) is 3. The molecule has 2 heterocycles. The monoisotopic (exact) mass is 498 g/mol. The van der Waals surface area contributed by atoms with Gasteiger partial charge in [-0.05, 0) is 34.6 Å². The van der Waals surface area contributed by atoms with Crippen LogP contribution >= 0.6 is 0 Å². The predicted octanol–water partition coefficient (Wildman–Crippen LogP) is 3.48. The number of halogens is 2. The van der Waals surface area contributed by atoms with Gasteiger partial charge in [-0.1, -0.05) is 0 Å². The van der Waals surface area contributed by atoms with Gasteiger partial charge in [-0.15, -0.1) is 0 Å². The van der Waals surface area contributed by atoms with Crippen molar-refractivity contribution in [3.8, 4) is 0 Å². The summed E-state index contributed by atoms with van der Waals surface area (Å²) in [4.78, 5) is 40.2. The van der Waals surface area contributed by atoms with Crippen LogP contribution < -0.4 is 15.1 Å². The van der Waals surface area contributed by atoms with Crippen LogP contribution in [0, 0.1) is 11.6 Å². The van der Waals surface area contributed by atoms with Crippen LogP contribution in [0.25, 0.3) is 0 Å². The van der Waals surface area contributed by atoms with Crippen LogP contribution in [0.4, 0.5) is 34.5 Å². The van der Waals surface area contributed by atoms with Crippen molar-refractivity contribution in [3.63, 3.8) is 0 Å². The van der Waals surface area contributed by atoms with E-state index in [1.807, 2.05) is 0 Å². The number of benzene rings is 1. The molecule has 0 aromatic heterocycles. The Morgan fingerprint density at radius 2 is 1.74 bits per heavy atom. The highest BCUT2D eigenvalue weighted by molar-refractivity contribution is 5.90. The van der Waals surface area contributed by atoms with Crippen LogP contribution in [-0.2, 0) is 14.2 Å². The average Bonchev–Trinajstić information content (AvgIpc) is 3.11. The lowest BCUT2D eigenvalue weighted by molar-refractivity contribution is 0.0240. The van der Waals surface area contributed by atoms with Gasteiger partial charge in [0.05, 0.1) is 24.9 Å². The number of nitrogens with one attached hydrogen (secondary N) is 1. The number of carbonyl (C=O) groups excluding carboxylic acids is 3. The molecule has 0 aliphatic carbocycles. The molecule has 0 saturated carbocycles. The molecule has 0 radical (unpaired) electrons. The Bertz CT molecular complexity index is 937. The Morgan fingerprint density at radius 3 is 2.29 bits per heavy atom. The summed E-state index contributed by atoms with van der Waals surface area (Å²) in [6.45, 7) is 9.65. The van der Waals surface area contributed by atoms with Crippen molar-refractivity contribution in [2.24, 2.45) is 0 Å². The number of nitrogens with zero attached hydrogens (tertiary/aromatic N) is 3. The molecule has 0 spiro atoms. The van der Waals surface area contributed by atoms with E-state index in [0.717, 1.165) is 17.0 Å². The van der Waals surface area contributed by atoms with Gasteiger partial charge in [-0.3, -0.25) is 4.90 Å². The fourth-order valence-corrected chi connectivity index (χ4v) is 3.74. The number of amides is 3. The summed E-state index contributed by atoms with van der Waals surface area (Å²) in [6, 6.07) is 2.14. The van der Waals surface area contributed by atoms with Gasteiger partial charge in [0.25, 0.3) is 0 Å². The molecular formula is C23H32F2N4O6. The summed E-state index contributed by atoms with van der Waals surface area (Å²) < 4.78 is 45.5. The van der Waals surface area contributed by atoms with E-state index in [0.29, 0.717) is 0 Å². The molecule has 2 aliphatic heterocycles. The Hall–Kier alpha value is -3.31. The molecule has 194 valence electrons. The van der Waals surface area contributed by atoms with Crippen molar-refractivity contribution in [3.05, 3.63) is 23.8 Å². The normalized spacial score (nSPS) is 18.6. The van der Waals surface area contributed by atoms with Crippen LogP contribution in [0.2, 0.25) is 0 Å². The standard InChI is InChI=1S/C23H32F2N4O6/c1-14(2)33-20(30)26-12-16-13-29(22(32)34-16)15-10-17(24)19(18(25)11-15)27-6-8-28(9-7-27)21(31)35-23(3,4)5/h10-11,14,16H,6-9,12-13H2,1-5H3,(H,26,30)/t16-/m0/s1. The van der Waals surface area contributed by atoms with E-state index in [1.165, 1.54) is 9.80 Å². The van der Waals surface area contributed by atoms with E-state index >= 15 is 0 Å². The zero-order valence-corrected chi connectivity index (χ0v) is 20.6. The fourth-order valence-electron chi connectivity index (χ4n) is 3.74. The maximum atomic E-state index is 15.0. The Labute approximate surface area is 203 Å². The summed E-state index contributed by atoms with van der Waals surface area (Å²) in [5, 5.41) is 2.49. The lowest BCUT2D eigenvalue weighted by atomic mass is 10.2. The number of carbonyl (C=O) groups is 3. The maximum absolute atomic E-state index is 15.0. The third-order valence-electron chi connectivity index (χ3n) is 5.25. The van der Waals surface area contributed by atoms with Gasteiger partial charge in [0.2, 0.25) is 0 Å². The van der Waals surface area contributed by atoms with E-state index in [1.54, 1.807) is 34.6 Å². The summed E-state index contributed by atoms with van der Waals surface area (Å²) in [6.07, 6.45) is -2.90. The smallest absolute Gasteiger partial charge is 0.414 e. The first-order valence-corrected chi connectivity index (χ1v) is 11.5. The minimum Gasteiger partial charge on any atom is -0.447 e. The van der Waals surface area contributed by atoms with E-state index in [2.05, 4.69) is 5.32 Å². The van der Waals surface area contributed by atoms with E-state index in [4.69, 9.17) is 14.2 Å². The van der Waals surface area contributed by atoms with Gasteiger partial charge in [0.15, 0.2) is 11.6 Å². The predicted molar refractivity (Wildman–Crippen MR) is 124 cm³/mol. The number of hydrogen-bond acceptors (Lipinski definition) is 7. The first-order valence-electron chi connectivity index (χ1n) is 11.5. The highest BCUT2D eigenvalue weighted by atomic mass is 19.1. The quantitative estimate of drug-likeness (QED) is 0.621. The minimum atomic E-state index is -0.833. The van der Waals surface area contributed by atoms with Crippen LogP contribution in [0.3, 0.4) is 0 Å². The van der Waals surface area contributed by atoms with E-state index in [9.17, 15) is 23.2 Å². The fraction of sp³-hybridized carbons (Fsp3) is 0.609. The number of hydrogen-bond donors (Lipinski definition) is 1. The van der Waals surface area contributed by atoms with Gasteiger partial charge in [-0.2, -0.15) is 0 Å². The van der Waals surface area contributed by atoms with Crippen molar-refractivity contribution >= 4 is 29.7 Å². The van der Waals surface area contributed by atoms with Crippen LogP contribution in [0.15, 0.2) is 12.1 Å². The topological polar surface area (TPSA) is 101 Å². The summed E-state index contributed by atoms with van der Waals surface area (Å²) in [5.41, 5.74) is -0.848. The molecule has 1 N–H and O–H groups in total. The zero-order valence-electron chi connectivity index (χ0n) is 20.6. The average molecular weight is 499 g/mol. The highest BCUT2D eigenvalue weighted by Crippen LogP contribution is 2.31. The molecule has 1 aromatic rings. The molecule has 35 heavy (non-hydrogen) atoms. The Balaban J connectivity index is 1.61. The van der Waals surface area contributed by atoms with Gasteiger partial charge < -0.3 is 29.3 Å². The molecule has 0 bridgehead atoms. The highest BCUT2D eigenvalue weighted by Gasteiger charge is 2.34. The number of anilines is 2. The molecule has 1 aromatic carbocycles. The molecule has 10 nitrogen and oxygen atoms in total. The van der Waals surface area contributed by atoms with Gasteiger partial charge in [-0.25, -0.2) is 23.2 Å². The third-order valence-corrected chi connectivity index (χ3v) is 5.25. The largest absolute Gasteiger partial charge is 0.447 e. The second-order valence-corrected chi connectivity index (χ2v) is 9.66. The van der Waals surface area contributed by atoms with Crippen molar-refractivity contribution in [1.29, 1.82) is 0 Å².